The summed E-state index contributed by atoms with van der Waals surface area (Å²) in [6, 6.07) is 5.60. The summed E-state index contributed by atoms with van der Waals surface area (Å²) in [4.78, 5) is 10.0. The quantitative estimate of drug-likeness (QED) is 0.452. The second-order valence-electron chi connectivity index (χ2n) is 3.88. The Morgan fingerprint density at radius 1 is 1.35 bits per heavy atom. The zero-order valence-corrected chi connectivity index (χ0v) is 11.1. The Balaban J connectivity index is 2.25. The summed E-state index contributed by atoms with van der Waals surface area (Å²) >= 11 is 0. The summed E-state index contributed by atoms with van der Waals surface area (Å²) in [5.74, 6) is 0. The second-order valence-corrected chi connectivity index (χ2v) is 5.52. The molecule has 0 spiro atoms. The van der Waals surface area contributed by atoms with E-state index in [4.69, 9.17) is 0 Å². The zero-order chi connectivity index (χ0) is 14.8. The van der Waals surface area contributed by atoms with E-state index in [-0.39, 0.29) is 12.3 Å². The molecule has 1 aromatic carbocycles. The third-order valence-corrected chi connectivity index (χ3v) is 2.89. The highest BCUT2D eigenvalue weighted by molar-refractivity contribution is 7.85. The van der Waals surface area contributed by atoms with E-state index in [0.717, 1.165) is 6.26 Å². The molecule has 0 saturated carbocycles. The first-order valence-corrected chi connectivity index (χ1v) is 7.17. The van der Waals surface area contributed by atoms with Gasteiger partial charge in [-0.15, -0.1) is 5.10 Å². The van der Waals surface area contributed by atoms with Crippen molar-refractivity contribution >= 4 is 15.8 Å². The summed E-state index contributed by atoms with van der Waals surface area (Å²) in [6.07, 6.45) is 2.29. The van der Waals surface area contributed by atoms with Crippen LogP contribution in [0.1, 0.15) is 5.69 Å². The van der Waals surface area contributed by atoms with Crippen molar-refractivity contribution in [3.63, 3.8) is 0 Å². The summed E-state index contributed by atoms with van der Waals surface area (Å²) in [6.45, 7) is -0.219. The van der Waals surface area contributed by atoms with Gasteiger partial charge in [0, 0.05) is 12.1 Å². The summed E-state index contributed by atoms with van der Waals surface area (Å²) in [5, 5.41) is 18.0. The maximum atomic E-state index is 10.9. The summed E-state index contributed by atoms with van der Waals surface area (Å²) < 4.78 is 27.9. The number of aromatic nitrogens is 3. The molecule has 0 aliphatic rings. The number of nitrogens with zero attached hydrogens (tertiary/aromatic N) is 4. The Hall–Kier alpha value is -2.33. The molecule has 1 heterocycles. The minimum atomic E-state index is -3.58. The van der Waals surface area contributed by atoms with E-state index >= 15 is 0 Å². The molecule has 0 bridgehead atoms. The predicted molar refractivity (Wildman–Crippen MR) is 67.6 cm³/mol. The molecular formula is C10H10N4O5S. The molecule has 1 aromatic heterocycles. The van der Waals surface area contributed by atoms with Crippen LogP contribution in [0, 0.1) is 10.1 Å². The molecule has 0 atom stereocenters. The fraction of sp³-hybridized carbons (Fsp3) is 0.200. The molecule has 0 fully saturated rings. The van der Waals surface area contributed by atoms with Gasteiger partial charge in [-0.05, 0) is 12.1 Å². The molecule has 0 aliphatic carbocycles. The molecule has 0 aliphatic heterocycles. The first-order chi connectivity index (χ1) is 9.37. The van der Waals surface area contributed by atoms with Crippen molar-refractivity contribution in [3.8, 4) is 5.69 Å². The van der Waals surface area contributed by atoms with Crippen molar-refractivity contribution < 1.29 is 17.5 Å². The Bertz CT molecular complexity index is 722. The van der Waals surface area contributed by atoms with E-state index < -0.39 is 15.0 Å². The van der Waals surface area contributed by atoms with Gasteiger partial charge in [0.2, 0.25) is 0 Å². The van der Waals surface area contributed by atoms with Crippen LogP contribution in [0.5, 0.6) is 0 Å². The summed E-state index contributed by atoms with van der Waals surface area (Å²) in [7, 11) is -3.58. The average Bonchev–Trinajstić information content (AvgIpc) is 2.84. The van der Waals surface area contributed by atoms with Gasteiger partial charge in [0.1, 0.15) is 6.61 Å². The molecule has 0 unspecified atom stereocenters. The lowest BCUT2D eigenvalue weighted by Gasteiger charge is -2.05. The van der Waals surface area contributed by atoms with Gasteiger partial charge >= 0.3 is 0 Å². The van der Waals surface area contributed by atoms with Gasteiger partial charge < -0.3 is 0 Å². The molecular weight excluding hydrogens is 288 g/mol. The Labute approximate surface area is 114 Å². The molecule has 0 amide bonds. The van der Waals surface area contributed by atoms with Crippen LogP contribution in [0.3, 0.4) is 0 Å². The van der Waals surface area contributed by atoms with E-state index in [0.29, 0.717) is 11.4 Å². The molecule has 2 rings (SSSR count). The topological polar surface area (TPSA) is 117 Å². The first-order valence-electron chi connectivity index (χ1n) is 5.35. The van der Waals surface area contributed by atoms with Crippen molar-refractivity contribution in [1.82, 2.24) is 15.0 Å². The Morgan fingerprint density at radius 3 is 2.55 bits per heavy atom. The van der Waals surface area contributed by atoms with Crippen molar-refractivity contribution in [1.29, 1.82) is 0 Å². The van der Waals surface area contributed by atoms with Crippen LogP contribution in [-0.2, 0) is 20.9 Å². The highest BCUT2D eigenvalue weighted by Gasteiger charge is 2.11. The maximum absolute atomic E-state index is 10.9. The summed E-state index contributed by atoms with van der Waals surface area (Å²) in [5.41, 5.74) is 0.868. The lowest BCUT2D eigenvalue weighted by molar-refractivity contribution is -0.384. The van der Waals surface area contributed by atoms with Crippen molar-refractivity contribution in [3.05, 3.63) is 46.3 Å². The Kier molecular flexibility index (Phi) is 3.77. The third kappa shape index (κ3) is 3.36. The lowest BCUT2D eigenvalue weighted by atomic mass is 10.3. The number of nitro benzene ring substituents is 1. The van der Waals surface area contributed by atoms with Gasteiger partial charge in [0.15, 0.2) is 0 Å². The van der Waals surface area contributed by atoms with Gasteiger partial charge in [-0.3, -0.25) is 14.3 Å². The minimum absolute atomic E-state index is 0.0530. The van der Waals surface area contributed by atoms with Crippen LogP contribution in [0.2, 0.25) is 0 Å². The molecule has 0 saturated heterocycles. The molecule has 2 aromatic rings. The molecule has 9 nitrogen and oxygen atoms in total. The van der Waals surface area contributed by atoms with Crippen LogP contribution in [0.15, 0.2) is 30.5 Å². The third-order valence-electron chi connectivity index (χ3n) is 2.35. The minimum Gasteiger partial charge on any atom is -0.264 e. The van der Waals surface area contributed by atoms with E-state index in [9.17, 15) is 18.5 Å². The van der Waals surface area contributed by atoms with Crippen LogP contribution >= 0.6 is 0 Å². The van der Waals surface area contributed by atoms with Crippen LogP contribution in [-0.4, -0.2) is 34.6 Å². The number of benzene rings is 1. The van der Waals surface area contributed by atoms with Crippen molar-refractivity contribution in [2.75, 3.05) is 6.26 Å². The number of hydrogen-bond acceptors (Lipinski definition) is 7. The van der Waals surface area contributed by atoms with Crippen molar-refractivity contribution in [2.24, 2.45) is 0 Å². The number of non-ortho nitro benzene ring substituents is 1. The normalized spacial score (nSPS) is 11.4. The highest BCUT2D eigenvalue weighted by Crippen LogP contribution is 2.16. The molecule has 0 radical (unpaired) electrons. The SMILES string of the molecule is CS(=O)(=O)OCc1cnnn1-c1ccc([N+](=O)[O-])cc1. The highest BCUT2D eigenvalue weighted by atomic mass is 32.2. The van der Waals surface area contributed by atoms with Crippen molar-refractivity contribution in [2.45, 2.75) is 6.61 Å². The fourth-order valence-corrected chi connectivity index (χ4v) is 1.79. The van der Waals surface area contributed by atoms with Crippen LogP contribution < -0.4 is 0 Å². The molecule has 0 N–H and O–H groups in total. The predicted octanol–water partition coefficient (Wildman–Crippen LogP) is 0.652. The van der Waals surface area contributed by atoms with Gasteiger partial charge in [-0.25, -0.2) is 4.68 Å². The van der Waals surface area contributed by atoms with E-state index in [1.807, 2.05) is 0 Å². The number of rotatable bonds is 5. The van der Waals surface area contributed by atoms with Gasteiger partial charge in [-0.2, -0.15) is 8.42 Å². The zero-order valence-electron chi connectivity index (χ0n) is 10.3. The molecule has 10 heteroatoms. The first kappa shape index (κ1) is 14.1. The van der Waals surface area contributed by atoms with Crippen LogP contribution in [0.25, 0.3) is 5.69 Å². The number of hydrogen-bond donors (Lipinski definition) is 0. The monoisotopic (exact) mass is 298 g/mol. The van der Waals surface area contributed by atoms with Gasteiger partial charge in [0.05, 0.1) is 28.8 Å². The van der Waals surface area contributed by atoms with E-state index in [1.54, 1.807) is 0 Å². The molecule has 20 heavy (non-hydrogen) atoms. The fourth-order valence-electron chi connectivity index (χ4n) is 1.46. The van der Waals surface area contributed by atoms with E-state index in [1.165, 1.54) is 35.1 Å². The Morgan fingerprint density at radius 2 is 2.00 bits per heavy atom. The average molecular weight is 298 g/mol. The smallest absolute Gasteiger partial charge is 0.264 e. The van der Waals surface area contributed by atoms with Gasteiger partial charge in [-0.1, -0.05) is 5.21 Å². The van der Waals surface area contributed by atoms with E-state index in [2.05, 4.69) is 14.5 Å². The standard InChI is InChI=1S/C10H10N4O5S/c1-20(17,18)19-7-10-6-11-12-13(10)8-2-4-9(5-3-8)14(15)16/h2-6H,7H2,1H3. The second kappa shape index (κ2) is 5.35. The number of nitro groups is 1. The largest absolute Gasteiger partial charge is 0.269 e. The molecule has 106 valence electrons. The van der Waals surface area contributed by atoms with Gasteiger partial charge in [0.25, 0.3) is 15.8 Å². The maximum Gasteiger partial charge on any atom is 0.269 e. The lowest BCUT2D eigenvalue weighted by Crippen LogP contribution is -2.08. The van der Waals surface area contributed by atoms with Crippen LogP contribution in [0.4, 0.5) is 5.69 Å².